The number of aryl methyl sites for hydroxylation is 2. The Hall–Kier alpha value is -4.10. The molecule has 0 saturated heterocycles. The molecule has 4 aromatic carbocycles. The molecule has 0 bridgehead atoms. The minimum Gasteiger partial charge on any atom is -0.456 e. The van der Waals surface area contributed by atoms with Gasteiger partial charge in [-0.15, -0.1) is 0 Å². The first-order valence-corrected chi connectivity index (χ1v) is 12.4. The van der Waals surface area contributed by atoms with Crippen molar-refractivity contribution in [3.05, 3.63) is 114 Å². The average Bonchev–Trinajstić information content (AvgIpc) is 2.86. The molecule has 0 aliphatic carbocycles. The first-order chi connectivity index (χ1) is 16.8. The van der Waals surface area contributed by atoms with Crippen molar-refractivity contribution in [1.29, 1.82) is 0 Å². The number of nitrogens with zero attached hydrogens (tertiary/aromatic N) is 1. The van der Waals surface area contributed by atoms with Crippen molar-refractivity contribution in [2.24, 2.45) is 0 Å². The van der Waals surface area contributed by atoms with Gasteiger partial charge in [0.05, 0.1) is 10.6 Å². The molecule has 35 heavy (non-hydrogen) atoms. The summed E-state index contributed by atoms with van der Waals surface area (Å²) in [5.74, 6) is 0.677. The molecule has 0 saturated carbocycles. The number of esters is 1. The predicted octanol–water partition coefficient (Wildman–Crippen LogP) is 6.14. The van der Waals surface area contributed by atoms with E-state index in [1.165, 1.54) is 11.4 Å². The molecule has 4 rings (SSSR count). The van der Waals surface area contributed by atoms with Gasteiger partial charge < -0.3 is 9.47 Å². The van der Waals surface area contributed by atoms with Crippen LogP contribution in [0.1, 0.15) is 21.5 Å². The van der Waals surface area contributed by atoms with Crippen LogP contribution in [0, 0.1) is 13.8 Å². The lowest BCUT2D eigenvalue weighted by molar-refractivity contribution is 0.0732. The Bertz CT molecular complexity index is 1450. The van der Waals surface area contributed by atoms with Crippen molar-refractivity contribution in [3.63, 3.8) is 0 Å². The Morgan fingerprint density at radius 2 is 1.43 bits per heavy atom. The fourth-order valence-corrected chi connectivity index (χ4v) is 5.00. The minimum atomic E-state index is -3.75. The van der Waals surface area contributed by atoms with Gasteiger partial charge in [0.15, 0.2) is 0 Å². The summed E-state index contributed by atoms with van der Waals surface area (Å²) < 4.78 is 38.9. The summed E-state index contributed by atoms with van der Waals surface area (Å²) in [7, 11) is -2.26. The van der Waals surface area contributed by atoms with E-state index < -0.39 is 16.0 Å². The smallest absolute Gasteiger partial charge is 0.347 e. The number of sulfonamides is 1. The van der Waals surface area contributed by atoms with Gasteiger partial charge in [0.2, 0.25) is 0 Å². The third kappa shape index (κ3) is 5.36. The molecule has 4 aromatic rings. The van der Waals surface area contributed by atoms with E-state index in [1.807, 2.05) is 31.2 Å². The SMILES string of the molecule is Cc1ccc(C)c(S(=O)(=O)N(C)c2ccc(OC(=O)c3ccccc3Oc3ccccc3)cc2)c1. The molecule has 0 aliphatic rings. The molecule has 0 unspecified atom stereocenters. The largest absolute Gasteiger partial charge is 0.456 e. The van der Waals surface area contributed by atoms with E-state index in [2.05, 4.69) is 0 Å². The third-order valence-corrected chi connectivity index (χ3v) is 7.40. The van der Waals surface area contributed by atoms with Crippen LogP contribution < -0.4 is 13.8 Å². The number of hydrogen-bond donors (Lipinski definition) is 0. The van der Waals surface area contributed by atoms with Crippen molar-refractivity contribution in [1.82, 2.24) is 0 Å². The summed E-state index contributed by atoms with van der Waals surface area (Å²) in [4.78, 5) is 13.1. The van der Waals surface area contributed by atoms with Gasteiger partial charge in [-0.25, -0.2) is 13.2 Å². The highest BCUT2D eigenvalue weighted by molar-refractivity contribution is 7.92. The first kappa shape index (κ1) is 24.0. The lowest BCUT2D eigenvalue weighted by Gasteiger charge is -2.21. The Balaban J connectivity index is 1.51. The fraction of sp³-hybridized carbons (Fsp3) is 0.107. The number of para-hydroxylation sites is 2. The quantitative estimate of drug-likeness (QED) is 0.231. The zero-order chi connectivity index (χ0) is 25.0. The van der Waals surface area contributed by atoms with E-state index in [9.17, 15) is 13.2 Å². The summed E-state index contributed by atoms with van der Waals surface area (Å²) in [6.45, 7) is 3.62. The van der Waals surface area contributed by atoms with E-state index in [1.54, 1.807) is 79.7 Å². The Morgan fingerprint density at radius 3 is 2.14 bits per heavy atom. The average molecular weight is 488 g/mol. The molecule has 0 heterocycles. The summed E-state index contributed by atoms with van der Waals surface area (Å²) >= 11 is 0. The molecule has 0 amide bonds. The number of carbonyl (C=O) groups is 1. The molecule has 0 spiro atoms. The van der Waals surface area contributed by atoms with E-state index in [0.717, 1.165) is 5.56 Å². The van der Waals surface area contributed by atoms with Gasteiger partial charge in [-0.2, -0.15) is 0 Å². The number of hydrogen-bond acceptors (Lipinski definition) is 5. The third-order valence-electron chi connectivity index (χ3n) is 5.47. The molecular weight excluding hydrogens is 462 g/mol. The molecule has 6 nitrogen and oxygen atoms in total. The van der Waals surface area contributed by atoms with Crippen molar-refractivity contribution in [3.8, 4) is 17.2 Å². The molecule has 0 aliphatic heterocycles. The molecule has 0 atom stereocenters. The lowest BCUT2D eigenvalue weighted by atomic mass is 10.2. The van der Waals surface area contributed by atoms with Crippen molar-refractivity contribution < 1.29 is 22.7 Å². The van der Waals surface area contributed by atoms with Crippen LogP contribution in [0.3, 0.4) is 0 Å². The van der Waals surface area contributed by atoms with Crippen LogP contribution in [0.2, 0.25) is 0 Å². The number of ether oxygens (including phenoxy) is 2. The second-order valence-corrected chi connectivity index (χ2v) is 9.97. The summed E-state index contributed by atoms with van der Waals surface area (Å²) in [5.41, 5.74) is 2.25. The number of anilines is 1. The lowest BCUT2D eigenvalue weighted by Crippen LogP contribution is -2.27. The van der Waals surface area contributed by atoms with E-state index in [4.69, 9.17) is 9.47 Å². The predicted molar refractivity (Wildman–Crippen MR) is 136 cm³/mol. The van der Waals surface area contributed by atoms with Crippen molar-refractivity contribution in [2.45, 2.75) is 18.7 Å². The number of carbonyl (C=O) groups excluding carboxylic acids is 1. The fourth-order valence-electron chi connectivity index (χ4n) is 3.50. The van der Waals surface area contributed by atoms with Gasteiger partial charge >= 0.3 is 5.97 Å². The number of rotatable bonds is 7. The van der Waals surface area contributed by atoms with Crippen LogP contribution in [0.15, 0.2) is 102 Å². The normalized spacial score (nSPS) is 11.1. The highest BCUT2D eigenvalue weighted by atomic mass is 32.2. The van der Waals surface area contributed by atoms with Gasteiger partial charge in [0.1, 0.15) is 22.8 Å². The molecule has 0 radical (unpaired) electrons. The summed E-state index contributed by atoms with van der Waals surface area (Å²) in [6, 6.07) is 27.6. The maximum absolute atomic E-state index is 13.2. The van der Waals surface area contributed by atoms with Crippen LogP contribution in [-0.2, 0) is 10.0 Å². The van der Waals surface area contributed by atoms with E-state index >= 15 is 0 Å². The highest BCUT2D eigenvalue weighted by Gasteiger charge is 2.23. The standard InChI is InChI=1S/C28H25NO5S/c1-20-13-14-21(2)27(19-20)35(31,32)29(3)22-15-17-24(18-16-22)34-28(30)25-11-7-8-12-26(25)33-23-9-5-4-6-10-23/h4-19H,1-3H3. The monoisotopic (exact) mass is 487 g/mol. The highest BCUT2D eigenvalue weighted by Crippen LogP contribution is 2.29. The van der Waals surface area contributed by atoms with Gasteiger partial charge in [-0.1, -0.05) is 42.5 Å². The Kier molecular flexibility index (Phi) is 6.89. The Labute approximate surface area is 205 Å². The van der Waals surface area contributed by atoms with Gasteiger partial charge in [-0.3, -0.25) is 4.31 Å². The first-order valence-electron chi connectivity index (χ1n) is 11.0. The molecule has 0 aromatic heterocycles. The van der Waals surface area contributed by atoms with E-state index in [-0.39, 0.29) is 16.2 Å². The molecule has 178 valence electrons. The van der Waals surface area contributed by atoms with Crippen LogP contribution in [0.5, 0.6) is 17.2 Å². The van der Waals surface area contributed by atoms with Gasteiger partial charge in [-0.05, 0) is 79.6 Å². The van der Waals surface area contributed by atoms with Crippen molar-refractivity contribution in [2.75, 3.05) is 11.4 Å². The van der Waals surface area contributed by atoms with Crippen LogP contribution >= 0.6 is 0 Å². The van der Waals surface area contributed by atoms with Gasteiger partial charge in [0.25, 0.3) is 10.0 Å². The van der Waals surface area contributed by atoms with Crippen LogP contribution in [-0.4, -0.2) is 21.4 Å². The maximum Gasteiger partial charge on any atom is 0.347 e. The maximum atomic E-state index is 13.2. The second kappa shape index (κ2) is 10.0. The number of benzene rings is 4. The second-order valence-electron chi connectivity index (χ2n) is 8.04. The van der Waals surface area contributed by atoms with Crippen LogP contribution in [0.25, 0.3) is 0 Å². The molecular formula is C28H25NO5S. The molecule has 7 heteroatoms. The summed E-state index contributed by atoms with van der Waals surface area (Å²) in [5, 5.41) is 0. The zero-order valence-corrected chi connectivity index (χ0v) is 20.5. The topological polar surface area (TPSA) is 72.9 Å². The molecule has 0 N–H and O–H groups in total. The molecule has 0 fully saturated rings. The van der Waals surface area contributed by atoms with Crippen molar-refractivity contribution >= 4 is 21.7 Å². The Morgan fingerprint density at radius 1 is 0.771 bits per heavy atom. The van der Waals surface area contributed by atoms with Gasteiger partial charge in [0, 0.05) is 7.05 Å². The summed E-state index contributed by atoms with van der Waals surface area (Å²) in [6.07, 6.45) is 0. The van der Waals surface area contributed by atoms with E-state index in [0.29, 0.717) is 22.7 Å². The minimum absolute atomic E-state index is 0.255. The zero-order valence-electron chi connectivity index (χ0n) is 19.6. The van der Waals surface area contributed by atoms with Crippen LogP contribution in [0.4, 0.5) is 5.69 Å².